The fraction of sp³-hybridized carbons (Fsp3) is 0.200. The van der Waals surface area contributed by atoms with Crippen LogP contribution in [0.5, 0.6) is 5.75 Å². The molecule has 0 aliphatic rings. The molecule has 0 saturated heterocycles. The summed E-state index contributed by atoms with van der Waals surface area (Å²) < 4.78 is 60.1. The Morgan fingerprint density at radius 1 is 1.07 bits per heavy atom. The molecule has 0 aliphatic heterocycles. The summed E-state index contributed by atoms with van der Waals surface area (Å²) >= 11 is 7.12. The van der Waals surface area contributed by atoms with Gasteiger partial charge in [-0.25, -0.2) is 21.6 Å². The number of thiophene rings is 1. The van der Waals surface area contributed by atoms with Crippen LogP contribution in [0.25, 0.3) is 0 Å². The Morgan fingerprint density at radius 2 is 1.77 bits per heavy atom. The van der Waals surface area contributed by atoms with E-state index in [-0.39, 0.29) is 22.1 Å². The number of methoxy groups -OCH3 is 1. The molecule has 0 saturated carbocycles. The molecule has 1 heterocycles. The Morgan fingerprint density at radius 3 is 2.37 bits per heavy atom. The first-order valence-corrected chi connectivity index (χ1v) is 13.1. The lowest BCUT2D eigenvalue weighted by atomic mass is 10.2. The van der Waals surface area contributed by atoms with E-state index in [1.54, 1.807) is 36.6 Å². The molecule has 0 amide bonds. The zero-order chi connectivity index (χ0) is 21.9. The second-order valence-corrected chi connectivity index (χ2v) is 11.8. The highest BCUT2D eigenvalue weighted by Crippen LogP contribution is 2.33. The van der Waals surface area contributed by atoms with Crippen LogP contribution in [0, 0.1) is 6.92 Å². The molecule has 0 spiro atoms. The Bertz CT molecular complexity index is 1220. The molecule has 3 aromatic rings. The number of rotatable bonds is 8. The lowest BCUT2D eigenvalue weighted by molar-refractivity contribution is 0.402. The Balaban J connectivity index is 1.96. The van der Waals surface area contributed by atoms with Crippen molar-refractivity contribution in [2.45, 2.75) is 22.0 Å². The minimum Gasteiger partial charge on any atom is -0.495 e. The first-order valence-electron chi connectivity index (χ1n) is 8.82. The number of halogens is 1. The van der Waals surface area contributed by atoms with Gasteiger partial charge in [0.15, 0.2) is 9.84 Å². The quantitative estimate of drug-likeness (QED) is 0.516. The van der Waals surface area contributed by atoms with E-state index in [1.807, 2.05) is 0 Å². The van der Waals surface area contributed by atoms with Crippen molar-refractivity contribution in [3.05, 3.63) is 75.4 Å². The van der Waals surface area contributed by atoms with Crippen molar-refractivity contribution in [1.82, 2.24) is 4.72 Å². The second kappa shape index (κ2) is 9.07. The molecule has 30 heavy (non-hydrogen) atoms. The first kappa shape index (κ1) is 22.8. The highest BCUT2D eigenvalue weighted by molar-refractivity contribution is 7.92. The maximum Gasteiger partial charge on any atom is 0.244 e. The predicted octanol–water partition coefficient (Wildman–Crippen LogP) is 4.21. The zero-order valence-corrected chi connectivity index (χ0v) is 19.4. The summed E-state index contributed by atoms with van der Waals surface area (Å²) in [7, 11) is -6.51. The predicted molar refractivity (Wildman–Crippen MR) is 119 cm³/mol. The van der Waals surface area contributed by atoms with Gasteiger partial charge in [0.1, 0.15) is 15.9 Å². The molecule has 6 nitrogen and oxygen atoms in total. The van der Waals surface area contributed by atoms with E-state index in [1.165, 1.54) is 48.8 Å². The van der Waals surface area contributed by atoms with Crippen LogP contribution < -0.4 is 9.46 Å². The molecule has 0 fully saturated rings. The van der Waals surface area contributed by atoms with Crippen molar-refractivity contribution < 1.29 is 21.6 Å². The number of sulfone groups is 1. The third kappa shape index (κ3) is 4.87. The van der Waals surface area contributed by atoms with E-state index in [0.717, 1.165) is 5.56 Å². The number of aryl methyl sites for hydroxylation is 1. The van der Waals surface area contributed by atoms with Crippen LogP contribution in [-0.4, -0.2) is 30.5 Å². The highest BCUT2D eigenvalue weighted by Gasteiger charge is 2.32. The lowest BCUT2D eigenvalue weighted by Gasteiger charge is -2.18. The molecular formula is C20H20ClNO5S3. The van der Waals surface area contributed by atoms with Crippen molar-refractivity contribution in [2.75, 3.05) is 13.7 Å². The minimum atomic E-state index is -4.02. The van der Waals surface area contributed by atoms with Gasteiger partial charge in [-0.05, 0) is 60.3 Å². The summed E-state index contributed by atoms with van der Waals surface area (Å²) in [5.74, 6) is 0.182. The molecule has 3 rings (SSSR count). The van der Waals surface area contributed by atoms with E-state index >= 15 is 0 Å². The maximum absolute atomic E-state index is 13.3. The SMILES string of the molecule is COc1ccc(C)cc1S(=O)(=O)NCC(c1cccs1)S(=O)(=O)c1ccc(Cl)cc1. The van der Waals surface area contributed by atoms with Gasteiger partial charge >= 0.3 is 0 Å². The van der Waals surface area contributed by atoms with Crippen LogP contribution >= 0.6 is 22.9 Å². The summed E-state index contributed by atoms with van der Waals surface area (Å²) in [6.07, 6.45) is 0. The molecule has 1 aromatic heterocycles. The molecule has 0 radical (unpaired) electrons. The van der Waals surface area contributed by atoms with Gasteiger partial charge in [-0.2, -0.15) is 0 Å². The summed E-state index contributed by atoms with van der Waals surface area (Å²) in [5, 5.41) is 1.07. The summed E-state index contributed by atoms with van der Waals surface area (Å²) in [4.78, 5) is 0.556. The topological polar surface area (TPSA) is 89.5 Å². The van der Waals surface area contributed by atoms with Gasteiger partial charge in [0.05, 0.1) is 12.0 Å². The number of sulfonamides is 1. The first-order chi connectivity index (χ1) is 14.1. The third-order valence-electron chi connectivity index (χ3n) is 4.44. The highest BCUT2D eigenvalue weighted by atomic mass is 35.5. The van der Waals surface area contributed by atoms with E-state index in [2.05, 4.69) is 4.72 Å². The number of hydrogen-bond donors (Lipinski definition) is 1. The van der Waals surface area contributed by atoms with Gasteiger partial charge in [0, 0.05) is 16.4 Å². The van der Waals surface area contributed by atoms with Crippen molar-refractivity contribution in [3.63, 3.8) is 0 Å². The number of nitrogens with one attached hydrogen (secondary N) is 1. The van der Waals surface area contributed by atoms with Crippen LogP contribution in [-0.2, 0) is 19.9 Å². The van der Waals surface area contributed by atoms with Crippen LogP contribution in [0.3, 0.4) is 0 Å². The Kier molecular flexibility index (Phi) is 6.88. The fourth-order valence-electron chi connectivity index (χ4n) is 2.88. The number of ether oxygens (including phenoxy) is 1. The summed E-state index contributed by atoms with van der Waals surface area (Å²) in [6.45, 7) is 1.43. The van der Waals surface area contributed by atoms with E-state index in [0.29, 0.717) is 9.90 Å². The average Bonchev–Trinajstić information content (AvgIpc) is 3.22. The summed E-state index contributed by atoms with van der Waals surface area (Å²) in [6, 6.07) is 14.0. The molecule has 1 unspecified atom stereocenters. The van der Waals surface area contributed by atoms with Gasteiger partial charge < -0.3 is 4.74 Å². The molecular weight excluding hydrogens is 466 g/mol. The molecule has 160 valence electrons. The van der Waals surface area contributed by atoms with E-state index < -0.39 is 25.1 Å². The standard InChI is InChI=1S/C20H20ClNO5S3/c1-14-5-10-17(27-2)19(12-14)30(25,26)22-13-20(18-4-3-11-28-18)29(23,24)16-8-6-15(21)7-9-16/h3-12,20,22H,13H2,1-2H3. The third-order valence-corrected chi connectivity index (χ3v) is 9.38. The molecule has 1 atom stereocenters. The lowest BCUT2D eigenvalue weighted by Crippen LogP contribution is -2.32. The minimum absolute atomic E-state index is 0.0428. The number of hydrogen-bond acceptors (Lipinski definition) is 6. The monoisotopic (exact) mass is 485 g/mol. The zero-order valence-electron chi connectivity index (χ0n) is 16.2. The van der Waals surface area contributed by atoms with Gasteiger partial charge in [-0.1, -0.05) is 23.7 Å². The van der Waals surface area contributed by atoms with Crippen molar-refractivity contribution >= 4 is 42.8 Å². The van der Waals surface area contributed by atoms with Gasteiger partial charge in [-0.15, -0.1) is 11.3 Å². The number of benzene rings is 2. The van der Waals surface area contributed by atoms with Crippen molar-refractivity contribution in [3.8, 4) is 5.75 Å². The Labute approximate surface area is 185 Å². The molecule has 10 heteroatoms. The van der Waals surface area contributed by atoms with E-state index in [4.69, 9.17) is 16.3 Å². The van der Waals surface area contributed by atoms with Gasteiger partial charge in [0.25, 0.3) is 0 Å². The normalized spacial score (nSPS) is 13.2. The second-order valence-electron chi connectivity index (χ2n) is 6.51. The largest absolute Gasteiger partial charge is 0.495 e. The van der Waals surface area contributed by atoms with E-state index in [9.17, 15) is 16.8 Å². The van der Waals surface area contributed by atoms with Crippen LogP contribution in [0.15, 0.2) is 69.8 Å². The summed E-state index contributed by atoms with van der Waals surface area (Å²) in [5.41, 5.74) is 0.736. The molecule has 2 aromatic carbocycles. The van der Waals surface area contributed by atoms with Crippen LogP contribution in [0.4, 0.5) is 0 Å². The Hall–Kier alpha value is -1.91. The van der Waals surface area contributed by atoms with Crippen molar-refractivity contribution in [2.24, 2.45) is 0 Å². The average molecular weight is 486 g/mol. The van der Waals surface area contributed by atoms with Crippen LogP contribution in [0.2, 0.25) is 5.02 Å². The smallest absolute Gasteiger partial charge is 0.244 e. The van der Waals surface area contributed by atoms with Gasteiger partial charge in [0.2, 0.25) is 10.0 Å². The molecule has 1 N–H and O–H groups in total. The molecule has 0 aliphatic carbocycles. The molecule has 0 bridgehead atoms. The maximum atomic E-state index is 13.3. The van der Waals surface area contributed by atoms with Gasteiger partial charge in [-0.3, -0.25) is 0 Å². The van der Waals surface area contributed by atoms with Crippen LogP contribution in [0.1, 0.15) is 15.7 Å². The van der Waals surface area contributed by atoms with Crippen molar-refractivity contribution in [1.29, 1.82) is 0 Å². The fourth-order valence-corrected chi connectivity index (χ4v) is 7.20.